The zero-order chi connectivity index (χ0) is 15.3. The van der Waals surface area contributed by atoms with Crippen molar-refractivity contribution in [2.45, 2.75) is 38.8 Å². The van der Waals surface area contributed by atoms with Crippen molar-refractivity contribution in [3.63, 3.8) is 0 Å². The van der Waals surface area contributed by atoms with Crippen molar-refractivity contribution in [2.24, 2.45) is 28.6 Å². The number of amidine groups is 1. The molecule has 0 aromatic heterocycles. The fraction of sp³-hybridized carbons (Fsp3) is 0.833. The fourth-order valence-corrected chi connectivity index (χ4v) is 2.33. The molecule has 1 amide bonds. The van der Waals surface area contributed by atoms with Crippen LogP contribution in [-0.4, -0.2) is 29.7 Å². The Balaban J connectivity index is 2.47. The van der Waals surface area contributed by atoms with E-state index in [1.165, 1.54) is 0 Å². The summed E-state index contributed by atoms with van der Waals surface area (Å²) < 4.78 is 38.0. The summed E-state index contributed by atoms with van der Waals surface area (Å²) in [5, 5.41) is 13.8. The second kappa shape index (κ2) is 6.81. The predicted octanol–water partition coefficient (Wildman–Crippen LogP) is 1.85. The SMILES string of the molecule is CC(CNC(=O)C1CCCC(C(F)(F)F)C1)C(N)=NO. The van der Waals surface area contributed by atoms with Crippen molar-refractivity contribution in [2.75, 3.05) is 6.54 Å². The van der Waals surface area contributed by atoms with Crippen LogP contribution in [0.1, 0.15) is 32.6 Å². The average molecular weight is 295 g/mol. The number of carbonyl (C=O) groups is 1. The molecular formula is C12H20F3N3O2. The second-order valence-electron chi connectivity index (χ2n) is 5.27. The van der Waals surface area contributed by atoms with E-state index in [1.807, 2.05) is 0 Å². The van der Waals surface area contributed by atoms with Gasteiger partial charge in [-0.25, -0.2) is 0 Å². The summed E-state index contributed by atoms with van der Waals surface area (Å²) in [7, 11) is 0. The third-order valence-electron chi connectivity index (χ3n) is 3.71. The van der Waals surface area contributed by atoms with Crippen LogP contribution in [0.4, 0.5) is 13.2 Å². The average Bonchev–Trinajstić information content (AvgIpc) is 2.42. The molecule has 8 heteroatoms. The summed E-state index contributed by atoms with van der Waals surface area (Å²) in [6.07, 6.45) is -3.43. The highest BCUT2D eigenvalue weighted by Gasteiger charge is 2.43. The van der Waals surface area contributed by atoms with Gasteiger partial charge in [0.05, 0.1) is 5.92 Å². The van der Waals surface area contributed by atoms with Gasteiger partial charge in [-0.3, -0.25) is 4.79 Å². The van der Waals surface area contributed by atoms with Crippen molar-refractivity contribution in [3.8, 4) is 0 Å². The molecule has 4 N–H and O–H groups in total. The van der Waals surface area contributed by atoms with Crippen molar-refractivity contribution in [3.05, 3.63) is 0 Å². The number of halogens is 3. The Hall–Kier alpha value is -1.47. The largest absolute Gasteiger partial charge is 0.409 e. The molecule has 5 nitrogen and oxygen atoms in total. The van der Waals surface area contributed by atoms with Crippen molar-refractivity contribution >= 4 is 11.7 Å². The lowest BCUT2D eigenvalue weighted by atomic mass is 9.80. The summed E-state index contributed by atoms with van der Waals surface area (Å²) in [4.78, 5) is 11.9. The molecule has 20 heavy (non-hydrogen) atoms. The molecule has 0 aliphatic heterocycles. The van der Waals surface area contributed by atoms with Gasteiger partial charge in [-0.05, 0) is 19.3 Å². The number of oxime groups is 1. The lowest BCUT2D eigenvalue weighted by Crippen LogP contribution is -2.40. The highest BCUT2D eigenvalue weighted by atomic mass is 19.4. The van der Waals surface area contributed by atoms with Crippen LogP contribution in [0.15, 0.2) is 5.16 Å². The number of hydrogen-bond acceptors (Lipinski definition) is 3. The van der Waals surface area contributed by atoms with Gasteiger partial charge in [0.15, 0.2) is 0 Å². The molecule has 3 unspecified atom stereocenters. The van der Waals surface area contributed by atoms with E-state index in [0.29, 0.717) is 12.8 Å². The van der Waals surface area contributed by atoms with Gasteiger partial charge in [0, 0.05) is 18.4 Å². The minimum Gasteiger partial charge on any atom is -0.409 e. The zero-order valence-corrected chi connectivity index (χ0v) is 11.3. The van der Waals surface area contributed by atoms with Crippen LogP contribution in [0.2, 0.25) is 0 Å². The van der Waals surface area contributed by atoms with E-state index < -0.39 is 23.9 Å². The highest BCUT2D eigenvalue weighted by molar-refractivity contribution is 5.83. The van der Waals surface area contributed by atoms with Gasteiger partial charge in [-0.15, -0.1) is 0 Å². The Kier molecular flexibility index (Phi) is 5.64. The number of nitrogens with two attached hydrogens (primary N) is 1. The maximum Gasteiger partial charge on any atom is 0.391 e. The zero-order valence-electron chi connectivity index (χ0n) is 11.3. The Morgan fingerprint density at radius 1 is 1.50 bits per heavy atom. The van der Waals surface area contributed by atoms with Gasteiger partial charge >= 0.3 is 6.18 Å². The number of nitrogens with zero attached hydrogens (tertiary/aromatic N) is 1. The van der Waals surface area contributed by atoms with Gasteiger partial charge in [0.1, 0.15) is 5.84 Å². The van der Waals surface area contributed by atoms with E-state index in [0.717, 1.165) is 0 Å². The Labute approximate surface area is 115 Å². The molecule has 0 aromatic carbocycles. The first kappa shape index (κ1) is 16.6. The van der Waals surface area contributed by atoms with E-state index >= 15 is 0 Å². The molecule has 0 aromatic rings. The number of carbonyl (C=O) groups excluding carboxylic acids is 1. The number of hydrogen-bond donors (Lipinski definition) is 3. The Bertz CT molecular complexity index is 371. The second-order valence-corrected chi connectivity index (χ2v) is 5.27. The number of rotatable bonds is 4. The lowest BCUT2D eigenvalue weighted by molar-refractivity contribution is -0.186. The molecule has 1 aliphatic carbocycles. The van der Waals surface area contributed by atoms with Gasteiger partial charge in [-0.2, -0.15) is 13.2 Å². The molecule has 1 rings (SSSR count). The van der Waals surface area contributed by atoms with Crippen molar-refractivity contribution in [1.29, 1.82) is 0 Å². The van der Waals surface area contributed by atoms with Gasteiger partial charge < -0.3 is 16.3 Å². The van der Waals surface area contributed by atoms with E-state index in [2.05, 4.69) is 10.5 Å². The summed E-state index contributed by atoms with van der Waals surface area (Å²) in [6, 6.07) is 0. The van der Waals surface area contributed by atoms with Gasteiger partial charge in [0.2, 0.25) is 5.91 Å². The normalized spacial score (nSPS) is 26.1. The number of alkyl halides is 3. The maximum absolute atomic E-state index is 12.7. The van der Waals surface area contributed by atoms with E-state index in [1.54, 1.807) is 6.92 Å². The first-order chi connectivity index (χ1) is 9.25. The molecule has 1 fully saturated rings. The van der Waals surface area contributed by atoms with Crippen molar-refractivity contribution < 1.29 is 23.2 Å². The topological polar surface area (TPSA) is 87.7 Å². The van der Waals surface area contributed by atoms with E-state index in [-0.39, 0.29) is 31.1 Å². The quantitative estimate of drug-likeness (QED) is 0.320. The summed E-state index contributed by atoms with van der Waals surface area (Å²) in [5.41, 5.74) is 5.36. The molecule has 0 bridgehead atoms. The monoisotopic (exact) mass is 295 g/mol. The van der Waals surface area contributed by atoms with Crippen LogP contribution in [-0.2, 0) is 4.79 Å². The number of amides is 1. The van der Waals surface area contributed by atoms with Crippen molar-refractivity contribution in [1.82, 2.24) is 5.32 Å². The van der Waals surface area contributed by atoms with Crippen LogP contribution in [0.5, 0.6) is 0 Å². The highest BCUT2D eigenvalue weighted by Crippen LogP contribution is 2.39. The maximum atomic E-state index is 12.7. The van der Waals surface area contributed by atoms with Crippen LogP contribution in [0.3, 0.4) is 0 Å². The minimum absolute atomic E-state index is 0.0258. The molecule has 0 saturated heterocycles. The predicted molar refractivity (Wildman–Crippen MR) is 67.1 cm³/mol. The van der Waals surface area contributed by atoms with Crippen LogP contribution in [0.25, 0.3) is 0 Å². The molecule has 116 valence electrons. The van der Waals surface area contributed by atoms with Crippen LogP contribution >= 0.6 is 0 Å². The third kappa shape index (κ3) is 4.57. The summed E-state index contributed by atoms with van der Waals surface area (Å²) in [5.74, 6) is -2.80. The molecule has 1 saturated carbocycles. The fourth-order valence-electron chi connectivity index (χ4n) is 2.33. The third-order valence-corrected chi connectivity index (χ3v) is 3.71. The molecule has 1 aliphatic rings. The first-order valence-corrected chi connectivity index (χ1v) is 6.57. The van der Waals surface area contributed by atoms with Gasteiger partial charge in [0.25, 0.3) is 0 Å². The number of nitrogens with one attached hydrogen (secondary N) is 1. The molecule has 0 spiro atoms. The van der Waals surface area contributed by atoms with Crippen LogP contribution < -0.4 is 11.1 Å². The van der Waals surface area contributed by atoms with Gasteiger partial charge in [-0.1, -0.05) is 18.5 Å². The van der Waals surface area contributed by atoms with Crippen LogP contribution in [0, 0.1) is 17.8 Å². The smallest absolute Gasteiger partial charge is 0.391 e. The summed E-state index contributed by atoms with van der Waals surface area (Å²) >= 11 is 0. The molecule has 0 heterocycles. The summed E-state index contributed by atoms with van der Waals surface area (Å²) in [6.45, 7) is 1.79. The Morgan fingerprint density at radius 2 is 2.15 bits per heavy atom. The minimum atomic E-state index is -4.24. The molecular weight excluding hydrogens is 275 g/mol. The Morgan fingerprint density at radius 3 is 2.70 bits per heavy atom. The van der Waals surface area contributed by atoms with E-state index in [4.69, 9.17) is 10.9 Å². The lowest BCUT2D eigenvalue weighted by Gasteiger charge is -2.30. The first-order valence-electron chi connectivity index (χ1n) is 6.57. The van der Waals surface area contributed by atoms with E-state index in [9.17, 15) is 18.0 Å². The molecule has 3 atom stereocenters. The molecule has 0 radical (unpaired) electrons. The standard InChI is InChI=1S/C12H20F3N3O2/c1-7(10(16)18-20)6-17-11(19)8-3-2-4-9(5-8)12(13,14)15/h7-9,20H,2-6H2,1H3,(H2,16,18)(H,17,19).